The summed E-state index contributed by atoms with van der Waals surface area (Å²) in [6, 6.07) is 2.25. The van der Waals surface area contributed by atoms with Crippen molar-refractivity contribution < 1.29 is 20.4 Å². The average Bonchev–Trinajstić information content (AvgIpc) is 2.73. The molecule has 1 heterocycles. The van der Waals surface area contributed by atoms with E-state index in [4.69, 9.17) is 0 Å². The van der Waals surface area contributed by atoms with Gasteiger partial charge >= 0.3 is 109 Å². The fourth-order valence-electron chi connectivity index (χ4n) is 2.23. The molecule has 0 spiro atoms. The number of allylic oxidation sites excluding steroid dienone is 4. The Morgan fingerprint density at radius 3 is 2.35 bits per heavy atom. The van der Waals surface area contributed by atoms with Crippen LogP contribution in [0.5, 0.6) is 0 Å². The zero-order valence-electron chi connectivity index (χ0n) is 10.2. The maximum absolute atomic E-state index is 2.47. The molecule has 2 rings (SSSR count). The Morgan fingerprint density at radius 2 is 1.94 bits per heavy atom. The first-order valence-electron chi connectivity index (χ1n) is 5.20. The van der Waals surface area contributed by atoms with E-state index in [1.165, 1.54) is 5.56 Å². The molecule has 93 valence electrons. The third-order valence-corrected chi connectivity index (χ3v) is 10.2. The van der Waals surface area contributed by atoms with Crippen molar-refractivity contribution in [2.75, 3.05) is 0 Å². The second kappa shape index (κ2) is 6.74. The molecule has 1 aromatic rings. The van der Waals surface area contributed by atoms with Crippen LogP contribution >= 0.6 is 36.2 Å². The van der Waals surface area contributed by atoms with E-state index in [1.54, 1.807) is 13.6 Å². The van der Waals surface area contributed by atoms with Crippen molar-refractivity contribution in [3.8, 4) is 0 Å². The SMILES string of the molecule is Cc1ccsc1[Si](C)(C)C1=[C]([Ti])CC=C1.Cl.Cl. The summed E-state index contributed by atoms with van der Waals surface area (Å²) in [6.07, 6.45) is 5.83. The normalized spacial score (nSPS) is 14.5. The topological polar surface area (TPSA) is 0 Å². The minimum atomic E-state index is -1.39. The van der Waals surface area contributed by atoms with Gasteiger partial charge in [0.05, 0.1) is 0 Å². The summed E-state index contributed by atoms with van der Waals surface area (Å²) < 4.78 is 3.22. The first kappa shape index (κ1) is 17.7. The van der Waals surface area contributed by atoms with Crippen molar-refractivity contribution in [3.05, 3.63) is 38.2 Å². The van der Waals surface area contributed by atoms with Crippen molar-refractivity contribution in [1.82, 2.24) is 0 Å². The molecule has 1 aliphatic carbocycles. The van der Waals surface area contributed by atoms with Crippen molar-refractivity contribution >= 4 is 48.7 Å². The van der Waals surface area contributed by atoms with Gasteiger partial charge in [0.1, 0.15) is 0 Å². The molecule has 17 heavy (non-hydrogen) atoms. The summed E-state index contributed by atoms with van der Waals surface area (Å²) >= 11 is 4.22. The fourth-order valence-corrected chi connectivity index (χ4v) is 9.08. The maximum atomic E-state index is 2.47. The van der Waals surface area contributed by atoms with E-state index >= 15 is 0 Å². The fraction of sp³-hybridized carbons (Fsp3) is 0.333. The summed E-state index contributed by atoms with van der Waals surface area (Å²) in [5, 5.41) is 3.88. The van der Waals surface area contributed by atoms with E-state index in [0.717, 1.165) is 6.42 Å². The number of hydrogen-bond acceptors (Lipinski definition) is 1. The van der Waals surface area contributed by atoms with Gasteiger partial charge in [0.2, 0.25) is 0 Å². The third kappa shape index (κ3) is 3.37. The molecule has 0 N–H and O–H groups in total. The molecular weight excluding hydrogens is 323 g/mol. The third-order valence-electron chi connectivity index (χ3n) is 3.03. The molecule has 0 fully saturated rings. The average molecular weight is 340 g/mol. The Hall–Kier alpha value is 0.691. The van der Waals surface area contributed by atoms with E-state index in [9.17, 15) is 0 Å². The first-order valence-corrected chi connectivity index (χ1v) is 9.86. The van der Waals surface area contributed by atoms with E-state index < -0.39 is 8.07 Å². The molecule has 0 atom stereocenters. The van der Waals surface area contributed by atoms with Crippen molar-refractivity contribution in [2.24, 2.45) is 0 Å². The Balaban J connectivity index is 0.00000128. The minimum absolute atomic E-state index is 0. The Bertz CT molecular complexity index is 449. The molecule has 0 saturated carbocycles. The van der Waals surface area contributed by atoms with Crippen LogP contribution in [0.2, 0.25) is 13.1 Å². The van der Waals surface area contributed by atoms with Crippen molar-refractivity contribution in [3.63, 3.8) is 0 Å². The quantitative estimate of drug-likeness (QED) is 0.711. The summed E-state index contributed by atoms with van der Waals surface area (Å²) in [6.45, 7) is 7.19. The van der Waals surface area contributed by atoms with Gasteiger partial charge in [-0.15, -0.1) is 24.8 Å². The van der Waals surface area contributed by atoms with E-state index in [-0.39, 0.29) is 24.8 Å². The molecule has 1 aromatic heterocycles. The zero-order chi connectivity index (χ0) is 11.1. The van der Waals surface area contributed by atoms with Gasteiger partial charge in [0.15, 0.2) is 0 Å². The zero-order valence-corrected chi connectivity index (χ0v) is 15.3. The molecular formula is C12H17Cl2SSiTi. The Kier molecular flexibility index (Phi) is 7.01. The Morgan fingerprint density at radius 1 is 1.29 bits per heavy atom. The van der Waals surface area contributed by atoms with Gasteiger partial charge in [0, 0.05) is 0 Å². The maximum Gasteiger partial charge on any atom is -0.147 e. The molecule has 0 unspecified atom stereocenters. The van der Waals surface area contributed by atoms with Crippen LogP contribution in [0.15, 0.2) is 32.7 Å². The second-order valence-electron chi connectivity index (χ2n) is 4.56. The van der Waals surface area contributed by atoms with E-state index in [0.29, 0.717) is 0 Å². The van der Waals surface area contributed by atoms with Crippen LogP contribution < -0.4 is 4.50 Å². The van der Waals surface area contributed by atoms with E-state index in [2.05, 4.69) is 64.1 Å². The van der Waals surface area contributed by atoms with Crippen LogP contribution in [-0.2, 0) is 20.4 Å². The number of hydrogen-bond donors (Lipinski definition) is 0. The predicted octanol–water partition coefficient (Wildman–Crippen LogP) is 4.12. The molecule has 1 aliphatic rings. The van der Waals surface area contributed by atoms with Gasteiger partial charge in [-0.25, -0.2) is 0 Å². The molecule has 0 saturated heterocycles. The van der Waals surface area contributed by atoms with Crippen LogP contribution in [0, 0.1) is 6.92 Å². The summed E-state index contributed by atoms with van der Waals surface area (Å²) in [4.78, 5) is 0. The van der Waals surface area contributed by atoms with Gasteiger partial charge in [-0.05, 0) is 0 Å². The number of rotatable bonds is 2. The molecule has 5 heteroatoms. The van der Waals surface area contributed by atoms with E-state index in [1.807, 2.05) is 11.3 Å². The summed E-state index contributed by atoms with van der Waals surface area (Å²) in [7, 11) is -1.39. The van der Waals surface area contributed by atoms with Crippen LogP contribution in [0.1, 0.15) is 12.0 Å². The molecule has 0 aliphatic heterocycles. The van der Waals surface area contributed by atoms with Gasteiger partial charge in [-0.2, -0.15) is 0 Å². The van der Waals surface area contributed by atoms with Gasteiger partial charge < -0.3 is 0 Å². The first-order chi connectivity index (χ1) is 7.03. The second-order valence-corrected chi connectivity index (χ2v) is 11.1. The van der Waals surface area contributed by atoms with Gasteiger partial charge in [-0.1, -0.05) is 0 Å². The molecule has 0 amide bonds. The minimum Gasteiger partial charge on any atom is -0.147 e. The van der Waals surface area contributed by atoms with Crippen LogP contribution in [0.25, 0.3) is 0 Å². The standard InChI is InChI=1S/C12H15SSi.2ClH.Ti/c1-10-8-9-13-12(10)14(2,3)11-6-4-5-7-11;;;/h4,6,8-9H,5H2,1-3H3;2*1H;. The van der Waals surface area contributed by atoms with Crippen molar-refractivity contribution in [2.45, 2.75) is 26.4 Å². The van der Waals surface area contributed by atoms with Crippen LogP contribution in [0.4, 0.5) is 0 Å². The predicted molar refractivity (Wildman–Crippen MR) is 81.5 cm³/mol. The summed E-state index contributed by atoms with van der Waals surface area (Å²) in [5.74, 6) is 0. The van der Waals surface area contributed by atoms with Crippen molar-refractivity contribution in [1.29, 1.82) is 0 Å². The van der Waals surface area contributed by atoms with Gasteiger partial charge in [-0.3, -0.25) is 0 Å². The number of halogens is 2. The summed E-state index contributed by atoms with van der Waals surface area (Å²) in [5.41, 5.74) is 1.48. The van der Waals surface area contributed by atoms with Crippen LogP contribution in [0.3, 0.4) is 0 Å². The smallest absolute Gasteiger partial charge is 0.147 e. The largest absolute Gasteiger partial charge is 0.147 e. The van der Waals surface area contributed by atoms with Gasteiger partial charge in [0.25, 0.3) is 0 Å². The molecule has 0 radical (unpaired) electrons. The molecule has 0 bridgehead atoms. The molecule has 0 nitrogen and oxygen atoms in total. The number of thiophene rings is 1. The Labute approximate surface area is 133 Å². The van der Waals surface area contributed by atoms with Crippen LogP contribution in [-0.4, -0.2) is 8.07 Å². The molecule has 0 aromatic carbocycles. The monoisotopic (exact) mass is 339 g/mol. The number of aryl methyl sites for hydroxylation is 1.